The number of carbonyl (C=O) groups excluding carboxylic acids is 2. The minimum atomic E-state index is -0.582. The summed E-state index contributed by atoms with van der Waals surface area (Å²) in [5, 5.41) is 11.0. The summed E-state index contributed by atoms with van der Waals surface area (Å²) in [5.74, 6) is -0.0769. The molecule has 0 atom stereocenters. The van der Waals surface area contributed by atoms with Crippen LogP contribution in [-0.4, -0.2) is 33.5 Å². The first-order valence-corrected chi connectivity index (χ1v) is 10.8. The molecule has 2 aliphatic rings. The average Bonchev–Trinajstić information content (AvgIpc) is 3.47. The number of nitrogens with zero attached hydrogens (tertiary/aromatic N) is 2. The van der Waals surface area contributed by atoms with E-state index < -0.39 is 5.91 Å². The number of aromatic nitrogens is 2. The lowest BCUT2D eigenvalue weighted by Gasteiger charge is -2.15. The zero-order valence-electron chi connectivity index (χ0n) is 17.5. The first kappa shape index (κ1) is 18.8. The SMILES string of the molecule is C=C(CN1Cc2c(ccc3ccc(-c4ccc5n[nH]c(C6CC6)c5c4)cc23)C1=O)C(N)=O. The van der Waals surface area contributed by atoms with Crippen LogP contribution in [0.4, 0.5) is 0 Å². The Morgan fingerprint density at radius 3 is 2.56 bits per heavy atom. The Bertz CT molecular complexity index is 1460. The van der Waals surface area contributed by atoms with E-state index in [-0.39, 0.29) is 18.0 Å². The van der Waals surface area contributed by atoms with E-state index in [0.29, 0.717) is 18.0 Å². The number of aromatic amines is 1. The summed E-state index contributed by atoms with van der Waals surface area (Å²) in [5.41, 5.74) is 11.7. The molecule has 0 unspecified atom stereocenters. The Balaban J connectivity index is 1.42. The highest BCUT2D eigenvalue weighted by Gasteiger charge is 2.30. The largest absolute Gasteiger partial charge is 0.366 e. The van der Waals surface area contributed by atoms with Gasteiger partial charge in [0.1, 0.15) is 0 Å². The second kappa shape index (κ2) is 6.79. The van der Waals surface area contributed by atoms with E-state index in [0.717, 1.165) is 33.0 Å². The van der Waals surface area contributed by atoms with Crippen LogP contribution < -0.4 is 5.73 Å². The van der Waals surface area contributed by atoms with Crippen molar-refractivity contribution in [2.75, 3.05) is 6.54 Å². The summed E-state index contributed by atoms with van der Waals surface area (Å²) in [6.45, 7) is 4.28. The summed E-state index contributed by atoms with van der Waals surface area (Å²) >= 11 is 0. The van der Waals surface area contributed by atoms with Gasteiger partial charge in [0.15, 0.2) is 0 Å². The summed E-state index contributed by atoms with van der Waals surface area (Å²) in [6.07, 6.45) is 2.44. The van der Waals surface area contributed by atoms with E-state index in [2.05, 4.69) is 53.2 Å². The minimum Gasteiger partial charge on any atom is -0.366 e. The van der Waals surface area contributed by atoms with Gasteiger partial charge in [0.2, 0.25) is 5.91 Å². The third-order valence-electron chi connectivity index (χ3n) is 6.63. The lowest BCUT2D eigenvalue weighted by molar-refractivity contribution is -0.114. The highest BCUT2D eigenvalue weighted by atomic mass is 16.2. The van der Waals surface area contributed by atoms with E-state index in [9.17, 15) is 9.59 Å². The molecule has 0 spiro atoms. The molecule has 2 amide bonds. The topological polar surface area (TPSA) is 92.1 Å². The molecular formula is C26H22N4O2. The summed E-state index contributed by atoms with van der Waals surface area (Å²) in [4.78, 5) is 25.9. The predicted octanol–water partition coefficient (Wildman–Crippen LogP) is 4.26. The van der Waals surface area contributed by atoms with Gasteiger partial charge < -0.3 is 10.6 Å². The third kappa shape index (κ3) is 2.91. The molecular weight excluding hydrogens is 400 g/mol. The number of H-pyrrole nitrogens is 1. The van der Waals surface area contributed by atoms with Crippen molar-refractivity contribution in [2.24, 2.45) is 5.73 Å². The van der Waals surface area contributed by atoms with Gasteiger partial charge in [-0.25, -0.2) is 0 Å². The molecule has 2 heterocycles. The molecule has 3 N–H and O–H groups in total. The number of rotatable bonds is 5. The van der Waals surface area contributed by atoms with Crippen molar-refractivity contribution >= 4 is 33.5 Å². The Labute approximate surface area is 184 Å². The van der Waals surface area contributed by atoms with Crippen LogP contribution in [0.3, 0.4) is 0 Å². The van der Waals surface area contributed by atoms with Crippen molar-refractivity contribution in [3.05, 3.63) is 77.5 Å². The molecule has 0 saturated heterocycles. The number of primary amides is 1. The predicted molar refractivity (Wildman–Crippen MR) is 124 cm³/mol. The number of fused-ring (bicyclic) bond motifs is 4. The normalized spacial score (nSPS) is 15.5. The maximum Gasteiger partial charge on any atom is 0.254 e. The van der Waals surface area contributed by atoms with E-state index in [4.69, 9.17) is 5.73 Å². The fourth-order valence-corrected chi connectivity index (χ4v) is 4.69. The smallest absolute Gasteiger partial charge is 0.254 e. The molecule has 0 radical (unpaired) electrons. The van der Waals surface area contributed by atoms with Gasteiger partial charge in [0, 0.05) is 34.7 Å². The minimum absolute atomic E-state index is 0.0939. The van der Waals surface area contributed by atoms with Crippen LogP contribution >= 0.6 is 0 Å². The molecule has 32 heavy (non-hydrogen) atoms. The van der Waals surface area contributed by atoms with Crippen molar-refractivity contribution in [1.29, 1.82) is 0 Å². The van der Waals surface area contributed by atoms with Crippen LogP contribution in [0.5, 0.6) is 0 Å². The number of benzene rings is 3. The summed E-state index contributed by atoms with van der Waals surface area (Å²) in [7, 11) is 0. The Hall–Kier alpha value is -3.93. The van der Waals surface area contributed by atoms with Crippen molar-refractivity contribution in [2.45, 2.75) is 25.3 Å². The monoisotopic (exact) mass is 422 g/mol. The van der Waals surface area contributed by atoms with Crippen LogP contribution in [0, 0.1) is 0 Å². The van der Waals surface area contributed by atoms with Crippen molar-refractivity contribution in [3.8, 4) is 11.1 Å². The van der Waals surface area contributed by atoms with Gasteiger partial charge >= 0.3 is 0 Å². The van der Waals surface area contributed by atoms with Gasteiger partial charge in [-0.3, -0.25) is 14.7 Å². The van der Waals surface area contributed by atoms with Crippen LogP contribution in [0.15, 0.2) is 60.7 Å². The van der Waals surface area contributed by atoms with Crippen molar-refractivity contribution < 1.29 is 9.59 Å². The maximum atomic E-state index is 12.9. The quantitative estimate of drug-likeness (QED) is 0.471. The van der Waals surface area contributed by atoms with Crippen molar-refractivity contribution in [3.63, 3.8) is 0 Å². The number of hydrogen-bond acceptors (Lipinski definition) is 3. The number of hydrogen-bond donors (Lipinski definition) is 2. The van der Waals surface area contributed by atoms with E-state index >= 15 is 0 Å². The summed E-state index contributed by atoms with van der Waals surface area (Å²) < 4.78 is 0. The molecule has 158 valence electrons. The molecule has 1 fully saturated rings. The van der Waals surface area contributed by atoms with Crippen LogP contribution in [0.2, 0.25) is 0 Å². The first-order valence-electron chi connectivity index (χ1n) is 10.8. The average molecular weight is 422 g/mol. The highest BCUT2D eigenvalue weighted by Crippen LogP contribution is 2.42. The fraction of sp³-hybridized carbons (Fsp3) is 0.192. The fourth-order valence-electron chi connectivity index (χ4n) is 4.69. The lowest BCUT2D eigenvalue weighted by atomic mass is 9.95. The van der Waals surface area contributed by atoms with E-state index in [1.165, 1.54) is 23.9 Å². The summed E-state index contributed by atoms with van der Waals surface area (Å²) in [6, 6.07) is 16.6. The number of nitrogens with one attached hydrogen (secondary N) is 1. The molecule has 1 saturated carbocycles. The number of amides is 2. The number of carbonyl (C=O) groups is 2. The lowest BCUT2D eigenvalue weighted by Crippen LogP contribution is -2.30. The third-order valence-corrected chi connectivity index (χ3v) is 6.63. The van der Waals surface area contributed by atoms with Gasteiger partial charge in [0.05, 0.1) is 12.1 Å². The molecule has 1 aromatic heterocycles. The molecule has 6 heteroatoms. The number of nitrogens with two attached hydrogens (primary N) is 1. The Morgan fingerprint density at radius 1 is 1.09 bits per heavy atom. The molecule has 1 aliphatic heterocycles. The molecule has 6 nitrogen and oxygen atoms in total. The van der Waals surface area contributed by atoms with Gasteiger partial charge in [-0.05, 0) is 64.6 Å². The maximum absolute atomic E-state index is 12.9. The molecule has 0 bridgehead atoms. The molecule has 6 rings (SSSR count). The van der Waals surface area contributed by atoms with E-state index in [1.54, 1.807) is 4.90 Å². The van der Waals surface area contributed by atoms with Gasteiger partial charge in [-0.1, -0.05) is 30.8 Å². The first-order chi connectivity index (χ1) is 15.5. The van der Waals surface area contributed by atoms with Crippen LogP contribution in [-0.2, 0) is 11.3 Å². The molecule has 3 aromatic carbocycles. The Kier molecular flexibility index (Phi) is 3.99. The van der Waals surface area contributed by atoms with Crippen LogP contribution in [0.25, 0.3) is 32.8 Å². The Morgan fingerprint density at radius 2 is 1.81 bits per heavy atom. The second-order valence-electron chi connectivity index (χ2n) is 8.80. The standard InChI is InChI=1S/C26H22N4O2/c1-14(25(27)31)12-30-13-22-19(26(30)32)8-6-15-2-5-17(10-20(15)22)18-7-9-23-21(11-18)24(29-28-23)16-3-4-16/h2,5-11,16H,1,3-4,12-13H2,(H2,27,31)(H,28,29). The zero-order valence-corrected chi connectivity index (χ0v) is 17.5. The second-order valence-corrected chi connectivity index (χ2v) is 8.80. The molecule has 1 aliphatic carbocycles. The van der Waals surface area contributed by atoms with Gasteiger partial charge in [-0.2, -0.15) is 5.10 Å². The van der Waals surface area contributed by atoms with Gasteiger partial charge in [0.25, 0.3) is 5.91 Å². The van der Waals surface area contributed by atoms with Crippen molar-refractivity contribution in [1.82, 2.24) is 15.1 Å². The molecule has 4 aromatic rings. The van der Waals surface area contributed by atoms with Gasteiger partial charge in [-0.15, -0.1) is 0 Å². The highest BCUT2D eigenvalue weighted by molar-refractivity contribution is 6.06. The zero-order chi connectivity index (χ0) is 22.0. The van der Waals surface area contributed by atoms with Crippen LogP contribution in [0.1, 0.15) is 40.4 Å². The van der Waals surface area contributed by atoms with E-state index in [1.807, 2.05) is 12.1 Å².